The number of benzene rings is 2. The van der Waals surface area contributed by atoms with Crippen molar-refractivity contribution < 1.29 is 4.42 Å². The van der Waals surface area contributed by atoms with Crippen molar-refractivity contribution in [1.82, 2.24) is 9.97 Å². The Balaban J connectivity index is 1.76. The summed E-state index contributed by atoms with van der Waals surface area (Å²) in [5, 5.41) is 2.36. The van der Waals surface area contributed by atoms with Gasteiger partial charge in [-0.05, 0) is 24.3 Å². The van der Waals surface area contributed by atoms with Gasteiger partial charge in [-0.15, -0.1) is 11.3 Å². The molecule has 0 aliphatic rings. The maximum atomic E-state index is 5.77. The smallest absolute Gasteiger partial charge is 0.134 e. The summed E-state index contributed by atoms with van der Waals surface area (Å²) in [6.45, 7) is 0. The summed E-state index contributed by atoms with van der Waals surface area (Å²) in [6, 6.07) is 24.8. The van der Waals surface area contributed by atoms with Crippen LogP contribution in [0.3, 0.4) is 0 Å². The van der Waals surface area contributed by atoms with Crippen LogP contribution in [0.25, 0.3) is 53.9 Å². The van der Waals surface area contributed by atoms with E-state index in [9.17, 15) is 0 Å². The topological polar surface area (TPSA) is 41.8 Å². The molecule has 0 bridgehead atoms. The van der Waals surface area contributed by atoms with Crippen molar-refractivity contribution in [2.24, 2.45) is 0 Å². The highest BCUT2D eigenvalue weighted by Crippen LogP contribution is 2.43. The maximum Gasteiger partial charge on any atom is 0.134 e. The molecule has 0 spiro atoms. The van der Waals surface area contributed by atoms with E-state index in [-0.39, 0.29) is 0 Å². The van der Waals surface area contributed by atoms with Crippen molar-refractivity contribution in [2.75, 3.05) is 0 Å². The third kappa shape index (κ3) is 2.17. The number of para-hydroxylation sites is 1. The number of hydrogen-bond acceptors (Lipinski definition) is 3. The number of aromatic nitrogens is 2. The number of nitrogens with one attached hydrogen (secondary N) is 1. The van der Waals surface area contributed by atoms with Gasteiger partial charge in [-0.2, -0.15) is 0 Å². The second kappa shape index (κ2) is 5.56. The van der Waals surface area contributed by atoms with Crippen LogP contribution in [0.5, 0.6) is 0 Å². The molecule has 2 aromatic carbocycles. The standard InChI is InChI=1S/C23H14N2OS/c1-2-7-14(8-3-1)18-13-16(19-11-6-12-26-19)20-21-22(27-23(20)25-18)15-9-4-5-10-17(15)24-21/h1-13,24H. The molecule has 27 heavy (non-hydrogen) atoms. The highest BCUT2D eigenvalue weighted by Gasteiger charge is 2.19. The predicted octanol–water partition coefficient (Wildman–Crippen LogP) is 6.86. The van der Waals surface area contributed by atoms with Crippen LogP contribution in [0.2, 0.25) is 0 Å². The van der Waals surface area contributed by atoms with E-state index in [4.69, 9.17) is 9.40 Å². The lowest BCUT2D eigenvalue weighted by molar-refractivity contribution is 0.583. The van der Waals surface area contributed by atoms with Gasteiger partial charge in [0.15, 0.2) is 0 Å². The zero-order valence-corrected chi connectivity index (χ0v) is 15.1. The van der Waals surface area contributed by atoms with E-state index in [1.165, 1.54) is 10.1 Å². The number of furan rings is 1. The molecule has 4 aromatic heterocycles. The van der Waals surface area contributed by atoms with Gasteiger partial charge in [0.25, 0.3) is 0 Å². The predicted molar refractivity (Wildman–Crippen MR) is 112 cm³/mol. The van der Waals surface area contributed by atoms with Crippen molar-refractivity contribution in [3.8, 4) is 22.6 Å². The van der Waals surface area contributed by atoms with E-state index in [0.717, 1.165) is 43.8 Å². The Kier molecular flexibility index (Phi) is 3.04. The van der Waals surface area contributed by atoms with Gasteiger partial charge in [0.05, 0.1) is 22.2 Å². The van der Waals surface area contributed by atoms with Crippen LogP contribution in [0.4, 0.5) is 0 Å². The summed E-state index contributed by atoms with van der Waals surface area (Å²) in [6.07, 6.45) is 1.72. The largest absolute Gasteiger partial charge is 0.464 e. The van der Waals surface area contributed by atoms with Gasteiger partial charge in [-0.1, -0.05) is 48.5 Å². The first kappa shape index (κ1) is 14.8. The second-order valence-corrected chi connectivity index (χ2v) is 7.55. The summed E-state index contributed by atoms with van der Waals surface area (Å²) in [4.78, 5) is 9.60. The molecule has 3 nitrogen and oxygen atoms in total. The fraction of sp³-hybridized carbons (Fsp3) is 0. The minimum atomic E-state index is 0.859. The Morgan fingerprint density at radius 1 is 0.889 bits per heavy atom. The summed E-state index contributed by atoms with van der Waals surface area (Å²) in [7, 11) is 0. The van der Waals surface area contributed by atoms with Crippen molar-refractivity contribution >= 4 is 42.7 Å². The normalized spacial score (nSPS) is 11.7. The number of H-pyrrole nitrogens is 1. The number of nitrogens with zero attached hydrogens (tertiary/aromatic N) is 1. The summed E-state index contributed by atoms with van der Waals surface area (Å²) < 4.78 is 7.02. The number of rotatable bonds is 2. The molecule has 0 radical (unpaired) electrons. The molecule has 6 aromatic rings. The number of pyridine rings is 1. The molecule has 4 heteroatoms. The number of aromatic amines is 1. The molecule has 0 amide bonds. The van der Waals surface area contributed by atoms with Crippen molar-refractivity contribution in [3.63, 3.8) is 0 Å². The van der Waals surface area contributed by atoms with E-state index < -0.39 is 0 Å². The van der Waals surface area contributed by atoms with Crippen molar-refractivity contribution in [1.29, 1.82) is 0 Å². The van der Waals surface area contributed by atoms with E-state index in [0.29, 0.717) is 0 Å². The van der Waals surface area contributed by atoms with Crippen LogP contribution in [0.15, 0.2) is 83.5 Å². The van der Waals surface area contributed by atoms with Gasteiger partial charge in [0.2, 0.25) is 0 Å². The second-order valence-electron chi connectivity index (χ2n) is 6.56. The molecule has 0 fully saturated rings. The van der Waals surface area contributed by atoms with Crippen molar-refractivity contribution in [3.05, 3.63) is 79.1 Å². The molecule has 0 atom stereocenters. The monoisotopic (exact) mass is 366 g/mol. The Morgan fingerprint density at radius 2 is 1.74 bits per heavy atom. The summed E-state index contributed by atoms with van der Waals surface area (Å²) in [5.41, 5.74) is 5.42. The number of thiophene rings is 1. The molecule has 1 N–H and O–H groups in total. The minimum absolute atomic E-state index is 0.859. The van der Waals surface area contributed by atoms with Gasteiger partial charge in [-0.25, -0.2) is 4.98 Å². The lowest BCUT2D eigenvalue weighted by Gasteiger charge is -2.06. The fourth-order valence-corrected chi connectivity index (χ4v) is 4.91. The quantitative estimate of drug-likeness (QED) is 0.364. The van der Waals surface area contributed by atoms with Gasteiger partial charge >= 0.3 is 0 Å². The Bertz CT molecular complexity index is 1410. The lowest BCUT2D eigenvalue weighted by Crippen LogP contribution is -1.87. The number of hydrogen-bond donors (Lipinski definition) is 1. The highest BCUT2D eigenvalue weighted by molar-refractivity contribution is 7.26. The van der Waals surface area contributed by atoms with Crippen molar-refractivity contribution in [2.45, 2.75) is 0 Å². The average Bonchev–Trinajstić information content (AvgIpc) is 3.43. The minimum Gasteiger partial charge on any atom is -0.464 e. The van der Waals surface area contributed by atoms with Crippen LogP contribution in [0, 0.1) is 0 Å². The van der Waals surface area contributed by atoms with E-state index >= 15 is 0 Å². The van der Waals surface area contributed by atoms with Crippen LogP contribution < -0.4 is 0 Å². The Labute approximate surface area is 158 Å². The molecule has 6 rings (SSSR count). The highest BCUT2D eigenvalue weighted by atomic mass is 32.1. The van der Waals surface area contributed by atoms with Gasteiger partial charge in [-0.3, -0.25) is 0 Å². The molecule has 0 saturated heterocycles. The van der Waals surface area contributed by atoms with E-state index in [1.807, 2.05) is 30.3 Å². The lowest BCUT2D eigenvalue weighted by atomic mass is 10.0. The maximum absolute atomic E-state index is 5.77. The third-order valence-corrected chi connectivity index (χ3v) is 6.07. The molecule has 0 aliphatic heterocycles. The molecule has 4 heterocycles. The van der Waals surface area contributed by atoms with E-state index in [1.54, 1.807) is 17.6 Å². The van der Waals surface area contributed by atoms with Gasteiger partial charge in [0.1, 0.15) is 10.6 Å². The Morgan fingerprint density at radius 3 is 2.59 bits per heavy atom. The number of fused-ring (bicyclic) bond motifs is 5. The molecule has 0 saturated carbocycles. The summed E-state index contributed by atoms with van der Waals surface area (Å²) in [5.74, 6) is 0.859. The zero-order chi connectivity index (χ0) is 17.8. The summed E-state index contributed by atoms with van der Waals surface area (Å²) >= 11 is 1.73. The SMILES string of the molecule is c1ccc(-c2cc(-c3ccco3)c3c(n2)sc2c4ccccc4[nH]c23)cc1. The molecule has 0 unspecified atom stereocenters. The first-order valence-corrected chi connectivity index (χ1v) is 9.63. The van der Waals surface area contributed by atoms with Crippen LogP contribution in [-0.4, -0.2) is 9.97 Å². The molecular weight excluding hydrogens is 352 g/mol. The van der Waals surface area contributed by atoms with Crippen LogP contribution in [-0.2, 0) is 0 Å². The molecule has 128 valence electrons. The molecular formula is C23H14N2OS. The van der Waals surface area contributed by atoms with Gasteiger partial charge in [0, 0.05) is 27.4 Å². The Hall–Kier alpha value is -3.37. The first-order valence-electron chi connectivity index (χ1n) is 8.82. The van der Waals surface area contributed by atoms with Crippen LogP contribution >= 0.6 is 11.3 Å². The van der Waals surface area contributed by atoms with Crippen LogP contribution in [0.1, 0.15) is 0 Å². The third-order valence-electron chi connectivity index (χ3n) is 4.95. The fourth-order valence-electron chi connectivity index (χ4n) is 3.72. The van der Waals surface area contributed by atoms with Gasteiger partial charge < -0.3 is 9.40 Å². The molecule has 0 aliphatic carbocycles. The van der Waals surface area contributed by atoms with E-state index in [2.05, 4.69) is 47.4 Å². The zero-order valence-electron chi connectivity index (χ0n) is 14.3. The first-order chi connectivity index (χ1) is 13.4. The average molecular weight is 366 g/mol.